The highest BCUT2D eigenvalue weighted by atomic mass is 16.5. The van der Waals surface area contributed by atoms with Gasteiger partial charge >= 0.3 is 0 Å². The molecule has 2 fully saturated rings. The molecule has 0 radical (unpaired) electrons. The second-order valence-corrected chi connectivity index (χ2v) is 7.17. The summed E-state index contributed by atoms with van der Waals surface area (Å²) in [6.45, 7) is 4.63. The number of nitrogens with one attached hydrogen (secondary N) is 1. The fraction of sp³-hybridized carbons (Fsp3) is 0.579. The highest BCUT2D eigenvalue weighted by Crippen LogP contribution is 2.36. The number of amides is 2. The Morgan fingerprint density at radius 1 is 1.40 bits per heavy atom. The van der Waals surface area contributed by atoms with Crippen LogP contribution in [0.2, 0.25) is 0 Å². The third kappa shape index (κ3) is 4.19. The van der Waals surface area contributed by atoms with Gasteiger partial charge in [-0.2, -0.15) is 0 Å². The van der Waals surface area contributed by atoms with E-state index < -0.39 is 0 Å². The van der Waals surface area contributed by atoms with Crippen LogP contribution in [0.25, 0.3) is 0 Å². The number of nitrogens with zero attached hydrogens (tertiary/aromatic N) is 1. The summed E-state index contributed by atoms with van der Waals surface area (Å²) >= 11 is 0. The fourth-order valence-electron chi connectivity index (χ4n) is 3.52. The van der Waals surface area contributed by atoms with Crippen molar-refractivity contribution < 1.29 is 19.1 Å². The van der Waals surface area contributed by atoms with Crippen LogP contribution in [0, 0.1) is 12.8 Å². The molecule has 1 atom stereocenters. The van der Waals surface area contributed by atoms with E-state index in [1.165, 1.54) is 7.11 Å². The number of ether oxygens (including phenoxy) is 2. The van der Waals surface area contributed by atoms with Gasteiger partial charge in [0.2, 0.25) is 5.91 Å². The second-order valence-electron chi connectivity index (χ2n) is 7.17. The van der Waals surface area contributed by atoms with Gasteiger partial charge in [-0.25, -0.2) is 0 Å². The molecule has 2 heterocycles. The van der Waals surface area contributed by atoms with E-state index in [4.69, 9.17) is 9.47 Å². The van der Waals surface area contributed by atoms with Gasteiger partial charge in [0.05, 0.1) is 19.7 Å². The van der Waals surface area contributed by atoms with Gasteiger partial charge < -0.3 is 19.7 Å². The van der Waals surface area contributed by atoms with Gasteiger partial charge in [-0.05, 0) is 37.8 Å². The standard InChI is InChI=1S/C19H26N2O4/c1-14-4-3-5-16(8-14)18(23)21-12-19(13-21)7-6-15(10-25-19)9-20-17(22)11-24-2/h3-5,8,15H,6-7,9-13H2,1-2H3,(H,20,22)/t15-/m0/s1. The first-order valence-electron chi connectivity index (χ1n) is 8.77. The lowest BCUT2D eigenvalue weighted by Gasteiger charge is -2.52. The summed E-state index contributed by atoms with van der Waals surface area (Å²) in [4.78, 5) is 25.8. The summed E-state index contributed by atoms with van der Waals surface area (Å²) in [5, 5.41) is 2.86. The number of hydrogen-bond acceptors (Lipinski definition) is 4. The number of rotatable bonds is 5. The second kappa shape index (κ2) is 7.54. The quantitative estimate of drug-likeness (QED) is 0.875. The van der Waals surface area contributed by atoms with Crippen molar-refractivity contribution in [2.75, 3.05) is 40.0 Å². The number of methoxy groups -OCH3 is 1. The van der Waals surface area contributed by atoms with Crippen LogP contribution >= 0.6 is 0 Å². The molecule has 2 aliphatic rings. The lowest BCUT2D eigenvalue weighted by atomic mass is 9.82. The van der Waals surface area contributed by atoms with Crippen LogP contribution < -0.4 is 5.32 Å². The Bertz CT molecular complexity index is 630. The zero-order valence-electron chi connectivity index (χ0n) is 14.9. The molecule has 2 aliphatic heterocycles. The molecule has 25 heavy (non-hydrogen) atoms. The summed E-state index contributed by atoms with van der Waals surface area (Å²) in [7, 11) is 1.51. The molecular formula is C19H26N2O4. The van der Waals surface area contributed by atoms with Gasteiger partial charge in [0, 0.05) is 19.2 Å². The van der Waals surface area contributed by atoms with Crippen molar-refractivity contribution >= 4 is 11.8 Å². The number of likely N-dealkylation sites (tertiary alicyclic amines) is 1. The van der Waals surface area contributed by atoms with E-state index >= 15 is 0 Å². The van der Waals surface area contributed by atoms with E-state index in [2.05, 4.69) is 5.32 Å². The van der Waals surface area contributed by atoms with Crippen molar-refractivity contribution in [3.05, 3.63) is 35.4 Å². The summed E-state index contributed by atoms with van der Waals surface area (Å²) in [5.74, 6) is 0.307. The number of aryl methyl sites for hydroxylation is 1. The van der Waals surface area contributed by atoms with Crippen molar-refractivity contribution in [2.24, 2.45) is 5.92 Å². The molecular weight excluding hydrogens is 320 g/mol. The SMILES string of the molecule is COCC(=O)NC[C@@H]1CCC2(CN(C(=O)c3cccc(C)c3)C2)OC1. The smallest absolute Gasteiger partial charge is 0.254 e. The Balaban J connectivity index is 1.44. The van der Waals surface area contributed by atoms with Crippen LogP contribution in [0.3, 0.4) is 0 Å². The Morgan fingerprint density at radius 3 is 2.84 bits per heavy atom. The predicted molar refractivity (Wildman–Crippen MR) is 93.4 cm³/mol. The van der Waals surface area contributed by atoms with Crippen molar-refractivity contribution in [2.45, 2.75) is 25.4 Å². The van der Waals surface area contributed by atoms with Crippen LogP contribution in [-0.4, -0.2) is 62.3 Å². The van der Waals surface area contributed by atoms with Gasteiger partial charge in [-0.15, -0.1) is 0 Å². The maximum absolute atomic E-state index is 12.5. The van der Waals surface area contributed by atoms with Gasteiger partial charge in [0.25, 0.3) is 5.91 Å². The van der Waals surface area contributed by atoms with Crippen molar-refractivity contribution in [3.63, 3.8) is 0 Å². The lowest BCUT2D eigenvalue weighted by Crippen LogP contribution is -2.66. The van der Waals surface area contributed by atoms with E-state index in [0.717, 1.165) is 24.0 Å². The number of carbonyl (C=O) groups is 2. The molecule has 6 heteroatoms. The molecule has 2 saturated heterocycles. The maximum atomic E-state index is 12.5. The minimum Gasteiger partial charge on any atom is -0.375 e. The zero-order valence-corrected chi connectivity index (χ0v) is 14.9. The van der Waals surface area contributed by atoms with Crippen LogP contribution in [0.5, 0.6) is 0 Å². The predicted octanol–water partition coefficient (Wildman–Crippen LogP) is 1.38. The van der Waals surface area contributed by atoms with E-state index in [1.54, 1.807) is 0 Å². The largest absolute Gasteiger partial charge is 0.375 e. The molecule has 0 aliphatic carbocycles. The zero-order chi connectivity index (χ0) is 17.9. The number of carbonyl (C=O) groups excluding carboxylic acids is 2. The topological polar surface area (TPSA) is 67.9 Å². The summed E-state index contributed by atoms with van der Waals surface area (Å²) in [6, 6.07) is 7.69. The van der Waals surface area contributed by atoms with Gasteiger partial charge in [0.15, 0.2) is 0 Å². The van der Waals surface area contributed by atoms with Crippen molar-refractivity contribution in [1.82, 2.24) is 10.2 Å². The number of benzene rings is 1. The van der Waals surface area contributed by atoms with E-state index in [0.29, 0.717) is 32.2 Å². The molecule has 3 rings (SSSR count). The van der Waals surface area contributed by atoms with Crippen LogP contribution in [0.15, 0.2) is 24.3 Å². The molecule has 0 saturated carbocycles. The monoisotopic (exact) mass is 346 g/mol. The molecule has 0 aromatic heterocycles. The third-order valence-corrected chi connectivity index (χ3v) is 5.01. The highest BCUT2D eigenvalue weighted by molar-refractivity contribution is 5.95. The Morgan fingerprint density at radius 2 is 2.20 bits per heavy atom. The summed E-state index contributed by atoms with van der Waals surface area (Å²) < 4.78 is 10.9. The maximum Gasteiger partial charge on any atom is 0.254 e. The van der Waals surface area contributed by atoms with Crippen LogP contribution in [-0.2, 0) is 14.3 Å². The summed E-state index contributed by atoms with van der Waals surface area (Å²) in [5.41, 5.74) is 1.64. The highest BCUT2D eigenvalue weighted by Gasteiger charge is 2.48. The minimum absolute atomic E-state index is 0.0758. The third-order valence-electron chi connectivity index (χ3n) is 5.01. The molecule has 0 bridgehead atoms. The first-order chi connectivity index (χ1) is 12.0. The lowest BCUT2D eigenvalue weighted by molar-refractivity contribution is -0.166. The van der Waals surface area contributed by atoms with Crippen molar-refractivity contribution in [1.29, 1.82) is 0 Å². The Labute approximate surface area is 148 Å². The molecule has 1 spiro atoms. The Kier molecular flexibility index (Phi) is 5.39. The summed E-state index contributed by atoms with van der Waals surface area (Å²) in [6.07, 6.45) is 1.93. The fourth-order valence-corrected chi connectivity index (χ4v) is 3.52. The molecule has 0 unspecified atom stereocenters. The van der Waals surface area contributed by atoms with E-state index in [-0.39, 0.29) is 24.0 Å². The first-order valence-corrected chi connectivity index (χ1v) is 8.77. The Hall–Kier alpha value is -1.92. The van der Waals surface area contributed by atoms with Gasteiger partial charge in [-0.3, -0.25) is 9.59 Å². The average Bonchev–Trinajstić information content (AvgIpc) is 2.58. The molecule has 1 N–H and O–H groups in total. The van der Waals surface area contributed by atoms with Gasteiger partial charge in [0.1, 0.15) is 12.2 Å². The molecule has 2 amide bonds. The van der Waals surface area contributed by atoms with E-state index in [9.17, 15) is 9.59 Å². The van der Waals surface area contributed by atoms with Crippen molar-refractivity contribution in [3.8, 4) is 0 Å². The molecule has 136 valence electrons. The first kappa shape index (κ1) is 17.9. The minimum atomic E-state index is -0.188. The molecule has 6 nitrogen and oxygen atoms in total. The average molecular weight is 346 g/mol. The van der Waals surface area contributed by atoms with Crippen LogP contribution in [0.4, 0.5) is 0 Å². The van der Waals surface area contributed by atoms with Crippen LogP contribution in [0.1, 0.15) is 28.8 Å². The van der Waals surface area contributed by atoms with Gasteiger partial charge in [-0.1, -0.05) is 17.7 Å². The normalized spacial score (nSPS) is 21.7. The number of hydrogen-bond donors (Lipinski definition) is 1. The molecule has 1 aromatic rings. The molecule has 1 aromatic carbocycles. The van der Waals surface area contributed by atoms with E-state index in [1.807, 2.05) is 36.1 Å².